The van der Waals surface area contributed by atoms with Crippen molar-refractivity contribution in [3.63, 3.8) is 0 Å². The van der Waals surface area contributed by atoms with Crippen LogP contribution in [-0.4, -0.2) is 85.2 Å². The Labute approximate surface area is 201 Å². The maximum Gasteiger partial charge on any atom is 0.259 e. The number of benzene rings is 2. The molecule has 0 aromatic heterocycles. The van der Waals surface area contributed by atoms with Gasteiger partial charge in [0, 0.05) is 42.1 Å². The summed E-state index contributed by atoms with van der Waals surface area (Å²) in [6, 6.07) is 12.9. The number of hydrogen-bond acceptors (Lipinski definition) is 7. The summed E-state index contributed by atoms with van der Waals surface area (Å²) in [5, 5.41) is 20.5. The van der Waals surface area contributed by atoms with Crippen molar-refractivity contribution in [3.05, 3.63) is 59.7 Å². The van der Waals surface area contributed by atoms with Crippen LogP contribution in [-0.2, 0) is 19.1 Å². The highest BCUT2D eigenvalue weighted by Gasteiger charge is 2.39. The first-order valence-electron chi connectivity index (χ1n) is 11.2. The first-order chi connectivity index (χ1) is 16.8. The van der Waals surface area contributed by atoms with Crippen LogP contribution in [0.5, 0.6) is 0 Å². The molecule has 3 amide bonds. The van der Waals surface area contributed by atoms with Gasteiger partial charge in [0.25, 0.3) is 17.7 Å². The van der Waals surface area contributed by atoms with Gasteiger partial charge in [0.05, 0.1) is 19.8 Å². The van der Waals surface area contributed by atoms with Crippen molar-refractivity contribution in [2.24, 2.45) is 5.73 Å². The van der Waals surface area contributed by atoms with E-state index in [4.69, 9.17) is 20.6 Å². The van der Waals surface area contributed by atoms with Crippen molar-refractivity contribution in [1.82, 2.24) is 4.90 Å². The first-order valence-corrected chi connectivity index (χ1v) is 11.2. The normalized spacial score (nSPS) is 19.2. The molecule has 35 heavy (non-hydrogen) atoms. The van der Waals surface area contributed by atoms with Crippen molar-refractivity contribution in [3.8, 4) is 0 Å². The molecule has 2 aliphatic heterocycles. The zero-order valence-electron chi connectivity index (χ0n) is 19.0. The number of carbonyl (C=O) groups is 3. The van der Waals surface area contributed by atoms with Crippen LogP contribution in [0.4, 0.5) is 11.4 Å². The molecule has 2 aliphatic rings. The predicted molar refractivity (Wildman–Crippen MR) is 127 cm³/mol. The maximum atomic E-state index is 13.1. The van der Waals surface area contributed by atoms with Crippen LogP contribution in [0.25, 0.3) is 0 Å². The molecule has 0 aliphatic carbocycles. The lowest BCUT2D eigenvalue weighted by molar-refractivity contribution is -0.150. The molecule has 2 saturated heterocycles. The van der Waals surface area contributed by atoms with Crippen molar-refractivity contribution in [2.75, 3.05) is 49.7 Å². The molecule has 0 bridgehead atoms. The van der Waals surface area contributed by atoms with E-state index in [0.29, 0.717) is 48.8 Å². The molecule has 2 fully saturated rings. The van der Waals surface area contributed by atoms with Gasteiger partial charge in [-0.15, -0.1) is 0 Å². The highest BCUT2D eigenvalue weighted by Crippen LogP contribution is 2.23. The van der Waals surface area contributed by atoms with E-state index in [2.05, 4.69) is 5.32 Å². The lowest BCUT2D eigenvalue weighted by Gasteiger charge is -2.34. The molecule has 184 valence electrons. The summed E-state index contributed by atoms with van der Waals surface area (Å²) < 4.78 is 10.7. The fourth-order valence-corrected chi connectivity index (χ4v) is 3.93. The Balaban J connectivity index is 1.44. The SMILES string of the molecule is N=C(N)c1ccc(NC(=O)[C@H](O)[C@H]2OCCN(c3cccc(C(=O)N4CCOCC4)c3)C2=O)cc1. The van der Waals surface area contributed by atoms with Gasteiger partial charge in [-0.2, -0.15) is 0 Å². The number of ether oxygens (including phenoxy) is 2. The third-order valence-corrected chi connectivity index (χ3v) is 5.84. The van der Waals surface area contributed by atoms with Gasteiger partial charge in [-0.05, 0) is 42.5 Å². The Kier molecular flexibility index (Phi) is 7.39. The van der Waals surface area contributed by atoms with E-state index in [1.165, 1.54) is 17.0 Å². The Morgan fingerprint density at radius 2 is 1.77 bits per heavy atom. The monoisotopic (exact) mass is 481 g/mol. The number of carbonyl (C=O) groups excluding carboxylic acids is 3. The standard InChI is InChI=1S/C24H27N5O6/c25-21(26)15-4-6-17(7-5-15)27-22(31)19(30)20-24(33)29(10-13-35-20)18-3-1-2-16(14-18)23(32)28-8-11-34-12-9-28/h1-7,14,19-20,30H,8-13H2,(H3,25,26)(H,27,31)/t19-,20-/m1/s1. The van der Waals surface area contributed by atoms with Gasteiger partial charge in [0.15, 0.2) is 12.2 Å². The van der Waals surface area contributed by atoms with Crippen molar-refractivity contribution in [1.29, 1.82) is 5.41 Å². The number of morpholine rings is 2. The second-order valence-corrected chi connectivity index (χ2v) is 8.16. The third kappa shape index (κ3) is 5.48. The van der Waals surface area contributed by atoms with E-state index in [1.54, 1.807) is 41.3 Å². The Bertz CT molecular complexity index is 1120. The number of aliphatic hydroxyl groups is 1. The van der Waals surface area contributed by atoms with Gasteiger partial charge in [0.2, 0.25) is 0 Å². The Hall–Kier alpha value is -3.80. The number of nitrogens with two attached hydrogens (primary N) is 1. The van der Waals surface area contributed by atoms with Crippen LogP contribution < -0.4 is 16.0 Å². The van der Waals surface area contributed by atoms with Crippen LogP contribution in [0.3, 0.4) is 0 Å². The van der Waals surface area contributed by atoms with Gasteiger partial charge < -0.3 is 35.4 Å². The largest absolute Gasteiger partial charge is 0.384 e. The molecule has 11 nitrogen and oxygen atoms in total. The average Bonchev–Trinajstić information content (AvgIpc) is 2.89. The second kappa shape index (κ2) is 10.6. The van der Waals surface area contributed by atoms with Crippen molar-refractivity contribution >= 4 is 34.9 Å². The van der Waals surface area contributed by atoms with Crippen LogP contribution in [0.15, 0.2) is 48.5 Å². The van der Waals surface area contributed by atoms with E-state index >= 15 is 0 Å². The number of rotatable bonds is 6. The van der Waals surface area contributed by atoms with Gasteiger partial charge in [-0.3, -0.25) is 19.8 Å². The molecule has 0 spiro atoms. The molecular weight excluding hydrogens is 454 g/mol. The average molecular weight is 482 g/mol. The topological polar surface area (TPSA) is 158 Å². The minimum Gasteiger partial charge on any atom is -0.384 e. The third-order valence-electron chi connectivity index (χ3n) is 5.84. The number of nitrogen functional groups attached to an aromatic ring is 1. The highest BCUT2D eigenvalue weighted by molar-refractivity contribution is 6.05. The molecule has 0 saturated carbocycles. The number of amidine groups is 1. The molecule has 0 unspecified atom stereocenters. The van der Waals surface area contributed by atoms with Crippen LogP contribution in [0.1, 0.15) is 15.9 Å². The lowest BCUT2D eigenvalue weighted by atomic mass is 10.1. The number of amides is 3. The molecule has 2 aromatic rings. The van der Waals surface area contributed by atoms with E-state index < -0.39 is 24.0 Å². The summed E-state index contributed by atoms with van der Waals surface area (Å²) in [7, 11) is 0. The molecule has 2 heterocycles. The van der Waals surface area contributed by atoms with Crippen LogP contribution in [0.2, 0.25) is 0 Å². The van der Waals surface area contributed by atoms with Gasteiger partial charge in [-0.25, -0.2) is 0 Å². The van der Waals surface area contributed by atoms with Crippen molar-refractivity contribution in [2.45, 2.75) is 12.2 Å². The summed E-state index contributed by atoms with van der Waals surface area (Å²) in [4.78, 5) is 41.7. The van der Waals surface area contributed by atoms with E-state index in [1.807, 2.05) is 0 Å². The van der Waals surface area contributed by atoms with Crippen molar-refractivity contribution < 1.29 is 29.0 Å². The summed E-state index contributed by atoms with van der Waals surface area (Å²) >= 11 is 0. The summed E-state index contributed by atoms with van der Waals surface area (Å²) in [6.07, 6.45) is -3.16. The zero-order valence-corrected chi connectivity index (χ0v) is 19.0. The summed E-state index contributed by atoms with van der Waals surface area (Å²) in [5.41, 5.74) is 7.20. The first kappa shape index (κ1) is 24.3. The molecule has 11 heteroatoms. The molecule has 2 aromatic carbocycles. The number of nitrogens with one attached hydrogen (secondary N) is 2. The molecular formula is C24H27N5O6. The lowest BCUT2D eigenvalue weighted by Crippen LogP contribution is -2.55. The summed E-state index contributed by atoms with van der Waals surface area (Å²) in [6.45, 7) is 2.29. The Morgan fingerprint density at radius 1 is 1.06 bits per heavy atom. The Morgan fingerprint density at radius 3 is 2.46 bits per heavy atom. The number of anilines is 2. The number of hydrogen-bond donors (Lipinski definition) is 4. The predicted octanol–water partition coefficient (Wildman–Crippen LogP) is 0.174. The number of nitrogens with zero attached hydrogens (tertiary/aromatic N) is 2. The minimum atomic E-state index is -1.75. The van der Waals surface area contributed by atoms with Gasteiger partial charge >= 0.3 is 0 Å². The molecule has 4 rings (SSSR count). The smallest absolute Gasteiger partial charge is 0.259 e. The van der Waals surface area contributed by atoms with Crippen LogP contribution >= 0.6 is 0 Å². The van der Waals surface area contributed by atoms with E-state index in [0.717, 1.165) is 0 Å². The molecule has 5 N–H and O–H groups in total. The quantitative estimate of drug-likeness (QED) is 0.338. The number of aliphatic hydroxyl groups excluding tert-OH is 1. The van der Waals surface area contributed by atoms with E-state index in [9.17, 15) is 19.5 Å². The zero-order chi connectivity index (χ0) is 24.9. The van der Waals surface area contributed by atoms with Gasteiger partial charge in [0.1, 0.15) is 5.84 Å². The summed E-state index contributed by atoms with van der Waals surface area (Å²) in [5.74, 6) is -1.65. The molecule has 2 atom stereocenters. The fraction of sp³-hybridized carbons (Fsp3) is 0.333. The van der Waals surface area contributed by atoms with Crippen LogP contribution in [0, 0.1) is 5.41 Å². The minimum absolute atomic E-state index is 0.107. The fourth-order valence-electron chi connectivity index (χ4n) is 3.93. The maximum absolute atomic E-state index is 13.1. The molecule has 0 radical (unpaired) electrons. The van der Waals surface area contributed by atoms with Gasteiger partial charge in [-0.1, -0.05) is 6.07 Å². The van der Waals surface area contributed by atoms with E-state index in [-0.39, 0.29) is 24.9 Å². The second-order valence-electron chi connectivity index (χ2n) is 8.16. The highest BCUT2D eigenvalue weighted by atomic mass is 16.5.